The maximum atomic E-state index is 12.4. The highest BCUT2D eigenvalue weighted by molar-refractivity contribution is 5.79. The standard InChI is InChI=1S/C25H30N2O5/c1-3-27(13-12-24(29)30)23(28)14-17(2)15-26-25(31)32-16-22-20-10-6-4-8-18(20)19-9-5-7-11-21(19)22/h4-11,17,22H,3,12-16H2,1-2H3,(H,26,31)(H,29,30). The molecule has 0 saturated heterocycles. The number of carbonyl (C=O) groups is 3. The van der Waals surface area contributed by atoms with Crippen molar-refractivity contribution < 1.29 is 24.2 Å². The first-order valence-electron chi connectivity index (χ1n) is 11.0. The molecular weight excluding hydrogens is 408 g/mol. The van der Waals surface area contributed by atoms with Gasteiger partial charge in [0.25, 0.3) is 0 Å². The van der Waals surface area contributed by atoms with Crippen molar-refractivity contribution in [2.75, 3.05) is 26.2 Å². The highest BCUT2D eigenvalue weighted by atomic mass is 16.5. The molecule has 32 heavy (non-hydrogen) atoms. The van der Waals surface area contributed by atoms with E-state index in [1.54, 1.807) is 0 Å². The van der Waals surface area contributed by atoms with E-state index in [9.17, 15) is 14.4 Å². The number of carbonyl (C=O) groups excluding carboxylic acids is 2. The first-order chi connectivity index (χ1) is 15.4. The molecule has 1 atom stereocenters. The number of ether oxygens (including phenoxy) is 1. The lowest BCUT2D eigenvalue weighted by molar-refractivity contribution is -0.138. The van der Waals surface area contributed by atoms with Crippen molar-refractivity contribution >= 4 is 18.0 Å². The molecule has 1 aliphatic carbocycles. The van der Waals surface area contributed by atoms with Crippen LogP contribution in [0.2, 0.25) is 0 Å². The van der Waals surface area contributed by atoms with Gasteiger partial charge in [-0.3, -0.25) is 9.59 Å². The fourth-order valence-electron chi connectivity index (χ4n) is 4.10. The van der Waals surface area contributed by atoms with Crippen LogP contribution in [0.4, 0.5) is 4.79 Å². The monoisotopic (exact) mass is 438 g/mol. The predicted octanol–water partition coefficient (Wildman–Crippen LogP) is 3.87. The van der Waals surface area contributed by atoms with Gasteiger partial charge in [0.2, 0.25) is 5.91 Å². The number of carboxylic acid groups (broad SMARTS) is 1. The SMILES string of the molecule is CCN(CCC(=O)O)C(=O)CC(C)CNC(=O)OCC1c2ccccc2-c2ccccc21. The number of fused-ring (bicyclic) bond motifs is 3. The number of nitrogens with one attached hydrogen (secondary N) is 1. The number of aliphatic carboxylic acids is 1. The minimum atomic E-state index is -0.929. The van der Waals surface area contributed by atoms with E-state index in [0.717, 1.165) is 11.1 Å². The van der Waals surface area contributed by atoms with Crippen molar-refractivity contribution in [2.45, 2.75) is 32.6 Å². The summed E-state index contributed by atoms with van der Waals surface area (Å²) in [6, 6.07) is 16.3. The molecule has 0 radical (unpaired) electrons. The van der Waals surface area contributed by atoms with Crippen molar-refractivity contribution in [3.8, 4) is 11.1 Å². The van der Waals surface area contributed by atoms with Crippen LogP contribution in [-0.4, -0.2) is 54.2 Å². The summed E-state index contributed by atoms with van der Waals surface area (Å²) in [4.78, 5) is 36.9. The van der Waals surface area contributed by atoms with Gasteiger partial charge in [0.1, 0.15) is 6.61 Å². The predicted molar refractivity (Wildman–Crippen MR) is 121 cm³/mol. The number of hydrogen-bond acceptors (Lipinski definition) is 4. The molecule has 0 heterocycles. The maximum Gasteiger partial charge on any atom is 0.407 e. The molecule has 170 valence electrons. The molecule has 2 amide bonds. The van der Waals surface area contributed by atoms with E-state index >= 15 is 0 Å². The van der Waals surface area contributed by atoms with Gasteiger partial charge in [0.05, 0.1) is 6.42 Å². The minimum Gasteiger partial charge on any atom is -0.481 e. The Morgan fingerprint density at radius 3 is 2.22 bits per heavy atom. The Kier molecular flexibility index (Phi) is 7.87. The number of carboxylic acids is 1. The Bertz CT molecular complexity index is 929. The van der Waals surface area contributed by atoms with Crippen LogP contribution >= 0.6 is 0 Å². The molecule has 0 aliphatic heterocycles. The molecule has 0 saturated carbocycles. The zero-order chi connectivity index (χ0) is 23.1. The van der Waals surface area contributed by atoms with Crippen LogP contribution in [0.1, 0.15) is 43.7 Å². The molecule has 1 unspecified atom stereocenters. The third-order valence-electron chi connectivity index (χ3n) is 5.79. The normalized spacial score (nSPS) is 13.1. The molecule has 0 fully saturated rings. The number of hydrogen-bond donors (Lipinski definition) is 2. The van der Waals surface area contributed by atoms with Crippen LogP contribution in [0.15, 0.2) is 48.5 Å². The molecular formula is C25H30N2O5. The average molecular weight is 439 g/mol. The summed E-state index contributed by atoms with van der Waals surface area (Å²) in [5.74, 6) is -1.14. The first kappa shape index (κ1) is 23.3. The lowest BCUT2D eigenvalue weighted by Gasteiger charge is -2.22. The first-order valence-corrected chi connectivity index (χ1v) is 11.0. The Balaban J connectivity index is 1.47. The van der Waals surface area contributed by atoms with Crippen molar-refractivity contribution in [1.29, 1.82) is 0 Å². The van der Waals surface area contributed by atoms with Crippen molar-refractivity contribution in [3.63, 3.8) is 0 Å². The molecule has 1 aliphatic rings. The van der Waals surface area contributed by atoms with Crippen molar-refractivity contribution in [1.82, 2.24) is 10.2 Å². The van der Waals surface area contributed by atoms with E-state index in [4.69, 9.17) is 9.84 Å². The van der Waals surface area contributed by atoms with Gasteiger partial charge in [0, 0.05) is 32.0 Å². The fourth-order valence-corrected chi connectivity index (χ4v) is 4.10. The lowest BCUT2D eigenvalue weighted by atomic mass is 9.98. The molecule has 0 aromatic heterocycles. The second-order valence-corrected chi connectivity index (χ2v) is 8.13. The van der Waals surface area contributed by atoms with E-state index in [-0.39, 0.29) is 43.7 Å². The Hall–Kier alpha value is -3.35. The molecule has 7 heteroatoms. The van der Waals surface area contributed by atoms with Crippen LogP contribution in [-0.2, 0) is 14.3 Å². The van der Waals surface area contributed by atoms with Gasteiger partial charge in [-0.05, 0) is 35.1 Å². The van der Waals surface area contributed by atoms with Gasteiger partial charge in [-0.1, -0.05) is 55.5 Å². The van der Waals surface area contributed by atoms with Gasteiger partial charge in [-0.2, -0.15) is 0 Å². The summed E-state index contributed by atoms with van der Waals surface area (Å²) in [5, 5.41) is 11.5. The van der Waals surface area contributed by atoms with Crippen LogP contribution in [0.5, 0.6) is 0 Å². The van der Waals surface area contributed by atoms with Gasteiger partial charge in [-0.25, -0.2) is 4.79 Å². The largest absolute Gasteiger partial charge is 0.481 e. The number of benzene rings is 2. The number of amides is 2. The van der Waals surface area contributed by atoms with E-state index in [0.29, 0.717) is 13.1 Å². The molecule has 0 spiro atoms. The van der Waals surface area contributed by atoms with Gasteiger partial charge < -0.3 is 20.1 Å². The summed E-state index contributed by atoms with van der Waals surface area (Å²) in [6.45, 7) is 4.88. The van der Waals surface area contributed by atoms with Crippen LogP contribution in [0, 0.1) is 5.92 Å². The molecule has 0 bridgehead atoms. The van der Waals surface area contributed by atoms with Gasteiger partial charge >= 0.3 is 12.1 Å². The molecule has 2 aromatic rings. The molecule has 2 N–H and O–H groups in total. The summed E-state index contributed by atoms with van der Waals surface area (Å²) in [5.41, 5.74) is 4.66. The Labute approximate surface area is 188 Å². The quantitative estimate of drug-likeness (QED) is 0.587. The maximum absolute atomic E-state index is 12.4. The topological polar surface area (TPSA) is 95.9 Å². The molecule has 3 rings (SSSR count). The van der Waals surface area contributed by atoms with E-state index in [2.05, 4.69) is 29.6 Å². The number of alkyl carbamates (subject to hydrolysis) is 1. The Morgan fingerprint density at radius 1 is 1.06 bits per heavy atom. The zero-order valence-corrected chi connectivity index (χ0v) is 18.5. The second-order valence-electron chi connectivity index (χ2n) is 8.13. The van der Waals surface area contributed by atoms with Gasteiger partial charge in [-0.15, -0.1) is 0 Å². The van der Waals surface area contributed by atoms with E-state index in [1.807, 2.05) is 38.1 Å². The van der Waals surface area contributed by atoms with Gasteiger partial charge in [0.15, 0.2) is 0 Å². The van der Waals surface area contributed by atoms with Crippen LogP contribution in [0.3, 0.4) is 0 Å². The smallest absolute Gasteiger partial charge is 0.407 e. The highest BCUT2D eigenvalue weighted by Gasteiger charge is 2.29. The van der Waals surface area contributed by atoms with Crippen molar-refractivity contribution in [3.05, 3.63) is 59.7 Å². The minimum absolute atomic E-state index is 0.000464. The second kappa shape index (κ2) is 10.8. The summed E-state index contributed by atoms with van der Waals surface area (Å²) < 4.78 is 5.52. The zero-order valence-electron chi connectivity index (χ0n) is 18.5. The highest BCUT2D eigenvalue weighted by Crippen LogP contribution is 2.44. The molecule has 2 aromatic carbocycles. The average Bonchev–Trinajstić information content (AvgIpc) is 3.10. The third kappa shape index (κ3) is 5.66. The van der Waals surface area contributed by atoms with E-state index < -0.39 is 12.1 Å². The fraction of sp³-hybridized carbons (Fsp3) is 0.400. The number of nitrogens with zero attached hydrogens (tertiary/aromatic N) is 1. The molecule has 7 nitrogen and oxygen atoms in total. The van der Waals surface area contributed by atoms with E-state index in [1.165, 1.54) is 16.0 Å². The number of rotatable bonds is 10. The summed E-state index contributed by atoms with van der Waals surface area (Å²) >= 11 is 0. The third-order valence-corrected chi connectivity index (χ3v) is 5.79. The van der Waals surface area contributed by atoms with Crippen LogP contribution in [0.25, 0.3) is 11.1 Å². The van der Waals surface area contributed by atoms with Crippen LogP contribution < -0.4 is 5.32 Å². The summed E-state index contributed by atoms with van der Waals surface area (Å²) in [7, 11) is 0. The summed E-state index contributed by atoms with van der Waals surface area (Å²) in [6.07, 6.45) is -0.354. The van der Waals surface area contributed by atoms with Crippen molar-refractivity contribution in [2.24, 2.45) is 5.92 Å². The lowest BCUT2D eigenvalue weighted by Crippen LogP contribution is -2.36. The Morgan fingerprint density at radius 2 is 1.66 bits per heavy atom.